The first-order valence-electron chi connectivity index (χ1n) is 8.28. The summed E-state index contributed by atoms with van der Waals surface area (Å²) < 4.78 is 2.19. The summed E-state index contributed by atoms with van der Waals surface area (Å²) in [6.07, 6.45) is 6.07. The maximum Gasteiger partial charge on any atom is 0.361 e. The van der Waals surface area contributed by atoms with Crippen molar-refractivity contribution in [3.63, 3.8) is 0 Å². The molecule has 118 valence electrons. The maximum absolute atomic E-state index is 12.7. The zero-order valence-corrected chi connectivity index (χ0v) is 13.1. The molecule has 0 saturated heterocycles. The minimum absolute atomic E-state index is 0.131. The van der Waals surface area contributed by atoms with E-state index in [0.29, 0.717) is 6.42 Å². The topological polar surface area (TPSA) is 61.7 Å². The van der Waals surface area contributed by atoms with Crippen molar-refractivity contribution in [2.24, 2.45) is 0 Å². The van der Waals surface area contributed by atoms with Gasteiger partial charge in [0.2, 0.25) is 0 Å². The highest BCUT2D eigenvalue weighted by atomic mass is 16.1. The lowest BCUT2D eigenvalue weighted by molar-refractivity contribution is -0.666. The number of para-hydroxylation sites is 2. The second-order valence-corrected chi connectivity index (χ2v) is 6.34. The summed E-state index contributed by atoms with van der Waals surface area (Å²) in [5, 5.41) is 3.46. The Bertz CT molecular complexity index is 987. The van der Waals surface area contributed by atoms with Crippen LogP contribution in [0.1, 0.15) is 30.9 Å². The van der Waals surface area contributed by atoms with Crippen molar-refractivity contribution in [2.75, 3.05) is 5.32 Å². The number of H-pyrrole nitrogens is 1. The van der Waals surface area contributed by atoms with Gasteiger partial charge >= 0.3 is 5.95 Å². The van der Waals surface area contributed by atoms with Gasteiger partial charge in [-0.15, -0.1) is 0 Å². The zero-order chi connectivity index (χ0) is 16.1. The Kier molecular flexibility index (Phi) is 2.82. The summed E-state index contributed by atoms with van der Waals surface area (Å²) in [7, 11) is 0. The fourth-order valence-corrected chi connectivity index (χ4v) is 3.89. The van der Waals surface area contributed by atoms with Crippen LogP contribution >= 0.6 is 0 Å². The van der Waals surface area contributed by atoms with Crippen LogP contribution in [-0.2, 0) is 4.79 Å². The van der Waals surface area contributed by atoms with Crippen molar-refractivity contribution >= 4 is 22.8 Å². The second kappa shape index (κ2) is 5.03. The monoisotopic (exact) mass is 317 g/mol. The summed E-state index contributed by atoms with van der Waals surface area (Å²) >= 11 is 0. The van der Waals surface area contributed by atoms with Crippen LogP contribution in [0.15, 0.2) is 60.1 Å². The van der Waals surface area contributed by atoms with Gasteiger partial charge in [-0.25, -0.2) is 14.9 Å². The summed E-state index contributed by atoms with van der Waals surface area (Å²) in [4.78, 5) is 20.5. The molecule has 0 bridgehead atoms. The largest absolute Gasteiger partial charge is 0.361 e. The number of imidazole rings is 1. The fourth-order valence-electron chi connectivity index (χ4n) is 3.89. The van der Waals surface area contributed by atoms with E-state index in [2.05, 4.69) is 32.0 Å². The van der Waals surface area contributed by atoms with Gasteiger partial charge in [0.1, 0.15) is 17.1 Å². The molecule has 1 aromatic carbocycles. The molecule has 0 spiro atoms. The molecule has 3 heterocycles. The summed E-state index contributed by atoms with van der Waals surface area (Å²) in [6, 6.07) is 12.0. The smallest absolute Gasteiger partial charge is 0.294 e. The molecular formula is C19H17N4O+. The van der Waals surface area contributed by atoms with Crippen LogP contribution in [0.2, 0.25) is 0 Å². The number of Topliss-reactive ketones (excluding diaryl/α,β-unsaturated/α-hetero) is 1. The number of nitrogens with one attached hydrogen (secondary N) is 2. The number of aromatic nitrogens is 3. The molecule has 5 rings (SSSR count). The average molecular weight is 317 g/mol. The molecule has 24 heavy (non-hydrogen) atoms. The van der Waals surface area contributed by atoms with Crippen LogP contribution in [0, 0.1) is 0 Å². The highest BCUT2D eigenvalue weighted by Gasteiger charge is 2.41. The van der Waals surface area contributed by atoms with E-state index < -0.39 is 0 Å². The van der Waals surface area contributed by atoms with Crippen LogP contribution in [0.4, 0.5) is 5.95 Å². The van der Waals surface area contributed by atoms with E-state index in [1.807, 2.05) is 30.5 Å². The average Bonchev–Trinajstić information content (AvgIpc) is 2.99. The third-order valence-electron chi connectivity index (χ3n) is 4.91. The van der Waals surface area contributed by atoms with Gasteiger partial charge in [0, 0.05) is 30.8 Å². The number of carbonyl (C=O) groups excluding carboxylic acids is 1. The van der Waals surface area contributed by atoms with Crippen molar-refractivity contribution in [1.29, 1.82) is 0 Å². The lowest BCUT2D eigenvalue weighted by Crippen LogP contribution is -2.48. The van der Waals surface area contributed by atoms with Gasteiger partial charge in [-0.2, -0.15) is 0 Å². The van der Waals surface area contributed by atoms with Gasteiger partial charge in [-0.3, -0.25) is 9.78 Å². The summed E-state index contributed by atoms with van der Waals surface area (Å²) in [6.45, 7) is 0. The number of fused-ring (bicyclic) bond motifs is 3. The van der Waals surface area contributed by atoms with Crippen molar-refractivity contribution in [3.8, 4) is 0 Å². The number of pyridine rings is 1. The molecular weight excluding hydrogens is 300 g/mol. The van der Waals surface area contributed by atoms with E-state index in [1.165, 1.54) is 0 Å². The number of nitrogens with zero attached hydrogens (tertiary/aromatic N) is 2. The van der Waals surface area contributed by atoms with E-state index in [1.54, 1.807) is 6.20 Å². The van der Waals surface area contributed by atoms with Crippen LogP contribution < -0.4 is 9.88 Å². The van der Waals surface area contributed by atoms with Crippen molar-refractivity contribution in [1.82, 2.24) is 9.97 Å². The van der Waals surface area contributed by atoms with Crippen molar-refractivity contribution in [2.45, 2.75) is 25.3 Å². The molecule has 0 radical (unpaired) electrons. The van der Waals surface area contributed by atoms with Gasteiger partial charge in [-0.1, -0.05) is 18.2 Å². The lowest BCUT2D eigenvalue weighted by Gasteiger charge is -2.28. The number of hydrogen-bond acceptors (Lipinski definition) is 3. The number of hydrogen-bond donors (Lipinski definition) is 2. The second-order valence-electron chi connectivity index (χ2n) is 6.34. The molecule has 5 nitrogen and oxygen atoms in total. The predicted molar refractivity (Wildman–Crippen MR) is 90.4 cm³/mol. The first-order valence-corrected chi connectivity index (χ1v) is 8.28. The number of aromatic amines is 1. The molecule has 3 aromatic rings. The number of allylic oxidation sites excluding steroid dienone is 2. The van der Waals surface area contributed by atoms with Gasteiger partial charge in [0.15, 0.2) is 5.78 Å². The fraction of sp³-hybridized carbons (Fsp3) is 0.211. The minimum Gasteiger partial charge on any atom is -0.294 e. The third kappa shape index (κ3) is 1.84. The first kappa shape index (κ1) is 13.5. The van der Waals surface area contributed by atoms with Gasteiger partial charge < -0.3 is 0 Å². The quantitative estimate of drug-likeness (QED) is 0.678. The third-order valence-corrected chi connectivity index (χ3v) is 4.91. The van der Waals surface area contributed by atoms with Crippen LogP contribution in [0.25, 0.3) is 11.0 Å². The summed E-state index contributed by atoms with van der Waals surface area (Å²) in [5.41, 5.74) is 5.11. The number of rotatable bonds is 1. The molecule has 2 aromatic heterocycles. The molecule has 2 N–H and O–H groups in total. The highest BCUT2D eigenvalue weighted by Crippen LogP contribution is 2.37. The molecule has 1 aliphatic carbocycles. The number of benzene rings is 1. The highest BCUT2D eigenvalue weighted by molar-refractivity contribution is 5.99. The zero-order valence-electron chi connectivity index (χ0n) is 13.1. The van der Waals surface area contributed by atoms with E-state index in [0.717, 1.165) is 46.7 Å². The Morgan fingerprint density at radius 2 is 2.04 bits per heavy atom. The number of ketones is 1. The standard InChI is InChI=1S/C19H16N4O/c24-16-9-3-7-14-17(16)18(12-5-4-10-20-11-12)23-15-8-2-1-6-13(15)21-19(23)22-14/h1-2,4-6,8,10-11,18H,3,7,9H2,(H,21,22,24)/p+1. The van der Waals surface area contributed by atoms with Crippen molar-refractivity contribution in [3.05, 3.63) is 65.6 Å². The molecule has 5 heteroatoms. The Labute approximate surface area is 139 Å². The van der Waals surface area contributed by atoms with E-state index >= 15 is 0 Å². The molecule has 1 aliphatic heterocycles. The molecule has 1 atom stereocenters. The van der Waals surface area contributed by atoms with Gasteiger partial charge in [-0.05, 0) is 24.6 Å². The number of carbonyl (C=O) groups is 1. The van der Waals surface area contributed by atoms with Crippen LogP contribution in [0.3, 0.4) is 0 Å². The van der Waals surface area contributed by atoms with E-state index in [9.17, 15) is 4.79 Å². The molecule has 1 unspecified atom stereocenters. The lowest BCUT2D eigenvalue weighted by atomic mass is 9.85. The van der Waals surface area contributed by atoms with E-state index in [4.69, 9.17) is 0 Å². The van der Waals surface area contributed by atoms with Gasteiger partial charge in [0.25, 0.3) is 0 Å². The summed E-state index contributed by atoms with van der Waals surface area (Å²) in [5.74, 6) is 1.17. The van der Waals surface area contributed by atoms with Crippen LogP contribution in [0.5, 0.6) is 0 Å². The molecule has 0 fully saturated rings. The Morgan fingerprint density at radius 1 is 1.12 bits per heavy atom. The normalized spacial score (nSPS) is 19.8. The van der Waals surface area contributed by atoms with Crippen LogP contribution in [-0.4, -0.2) is 15.8 Å². The Balaban J connectivity index is 1.83. The molecule has 2 aliphatic rings. The number of anilines is 1. The Morgan fingerprint density at radius 3 is 2.92 bits per heavy atom. The van der Waals surface area contributed by atoms with Crippen molar-refractivity contribution < 1.29 is 9.36 Å². The van der Waals surface area contributed by atoms with E-state index in [-0.39, 0.29) is 11.8 Å². The maximum atomic E-state index is 12.7. The molecule has 0 amide bonds. The minimum atomic E-state index is -0.131. The predicted octanol–water partition coefficient (Wildman–Crippen LogP) is 2.87. The molecule has 0 saturated carbocycles. The van der Waals surface area contributed by atoms with Gasteiger partial charge in [0.05, 0.1) is 11.3 Å². The SMILES string of the molecule is O=C1CCCC2=C1C(c1cccnc1)[n+]1c([nH]c3ccccc31)N2. The Hall–Kier alpha value is -2.95. The first-order chi connectivity index (χ1) is 11.8.